The van der Waals surface area contributed by atoms with Crippen molar-refractivity contribution in [1.82, 2.24) is 9.97 Å². The molecule has 0 aliphatic rings. The van der Waals surface area contributed by atoms with Gasteiger partial charge in [0.1, 0.15) is 5.82 Å². The summed E-state index contributed by atoms with van der Waals surface area (Å²) in [4.78, 5) is 23.6. The molecule has 0 saturated carbocycles. The molecule has 162 valence electrons. The third kappa shape index (κ3) is 4.76. The van der Waals surface area contributed by atoms with Crippen LogP contribution >= 0.6 is 11.3 Å². The van der Waals surface area contributed by atoms with E-state index in [0.29, 0.717) is 32.5 Å². The maximum absolute atomic E-state index is 13.6. The summed E-state index contributed by atoms with van der Waals surface area (Å²) in [6.45, 7) is 0.234. The summed E-state index contributed by atoms with van der Waals surface area (Å²) in [5.41, 5.74) is 2.13. The van der Waals surface area contributed by atoms with Crippen LogP contribution in [0.5, 0.6) is 11.5 Å². The largest absolute Gasteiger partial charge is 0.493 e. The quantitative estimate of drug-likeness (QED) is 0.368. The molecule has 4 rings (SSSR count). The number of ether oxygens (including phenoxy) is 2. The van der Waals surface area contributed by atoms with Gasteiger partial charge in [0, 0.05) is 12.3 Å². The number of anilines is 1. The van der Waals surface area contributed by atoms with Gasteiger partial charge in [-0.15, -0.1) is 0 Å². The number of nitrogens with zero attached hydrogens (tertiary/aromatic N) is 3. The van der Waals surface area contributed by atoms with Gasteiger partial charge in [0.15, 0.2) is 16.6 Å². The van der Waals surface area contributed by atoms with E-state index in [1.807, 2.05) is 24.3 Å². The van der Waals surface area contributed by atoms with Gasteiger partial charge in [0.2, 0.25) is 0 Å². The number of rotatable bonds is 7. The topological polar surface area (TPSA) is 64.5 Å². The summed E-state index contributed by atoms with van der Waals surface area (Å²) in [6.07, 6.45) is 4.84. The van der Waals surface area contributed by atoms with E-state index in [9.17, 15) is 9.18 Å². The molecule has 0 bridgehead atoms. The Balaban J connectivity index is 1.65. The molecule has 2 heterocycles. The summed E-state index contributed by atoms with van der Waals surface area (Å²) < 4.78 is 24.9. The number of fused-ring (bicyclic) bond motifs is 1. The Bertz CT molecular complexity index is 1270. The average Bonchev–Trinajstić information content (AvgIpc) is 3.24. The van der Waals surface area contributed by atoms with Crippen LogP contribution in [0, 0.1) is 5.82 Å². The first kappa shape index (κ1) is 21.5. The molecule has 6 nitrogen and oxygen atoms in total. The second-order valence-electron chi connectivity index (χ2n) is 6.80. The molecule has 0 saturated heterocycles. The zero-order valence-corrected chi connectivity index (χ0v) is 18.3. The highest BCUT2D eigenvalue weighted by molar-refractivity contribution is 7.22. The molecule has 8 heteroatoms. The summed E-state index contributed by atoms with van der Waals surface area (Å²) in [6, 6.07) is 15.3. The van der Waals surface area contributed by atoms with E-state index >= 15 is 0 Å². The minimum atomic E-state index is -0.344. The van der Waals surface area contributed by atoms with Crippen molar-refractivity contribution in [2.45, 2.75) is 6.54 Å². The normalized spacial score (nSPS) is 11.1. The van der Waals surface area contributed by atoms with Crippen molar-refractivity contribution in [2.75, 3.05) is 19.1 Å². The van der Waals surface area contributed by atoms with Crippen LogP contribution in [0.1, 0.15) is 11.3 Å². The molecule has 0 aliphatic carbocycles. The number of carbonyl (C=O) groups excluding carboxylic acids is 1. The summed E-state index contributed by atoms with van der Waals surface area (Å²) in [7, 11) is 3.12. The van der Waals surface area contributed by atoms with Gasteiger partial charge in [-0.05, 0) is 54.1 Å². The molecule has 0 atom stereocenters. The van der Waals surface area contributed by atoms with Crippen molar-refractivity contribution in [1.29, 1.82) is 0 Å². The molecule has 32 heavy (non-hydrogen) atoms. The average molecular weight is 450 g/mol. The lowest BCUT2D eigenvalue weighted by molar-refractivity contribution is -0.114. The summed E-state index contributed by atoms with van der Waals surface area (Å²) >= 11 is 1.26. The molecule has 0 radical (unpaired) electrons. The standard InChI is InChI=1S/C24H20FN3O3S/c1-30-20-10-6-16(13-21(20)31-2)7-11-23(29)28(15-18-5-3-4-12-26-18)24-27-19-9-8-17(25)14-22(19)32-24/h3-14H,15H2,1-2H3/b11-7+. The Morgan fingerprint density at radius 1 is 1.09 bits per heavy atom. The van der Waals surface area contributed by atoms with Crippen LogP contribution in [0.25, 0.3) is 16.3 Å². The Labute approximate surface area is 188 Å². The molecule has 1 amide bonds. The number of benzene rings is 2. The number of carbonyl (C=O) groups is 1. The lowest BCUT2D eigenvalue weighted by atomic mass is 10.2. The number of aromatic nitrogens is 2. The fraction of sp³-hybridized carbons (Fsp3) is 0.125. The van der Waals surface area contributed by atoms with Crippen LogP contribution in [0.3, 0.4) is 0 Å². The number of amides is 1. The van der Waals surface area contributed by atoms with Gasteiger partial charge in [0.05, 0.1) is 36.7 Å². The molecule has 0 aliphatic heterocycles. The highest BCUT2D eigenvalue weighted by Crippen LogP contribution is 2.31. The van der Waals surface area contributed by atoms with Gasteiger partial charge in [-0.1, -0.05) is 23.5 Å². The third-order valence-corrected chi connectivity index (χ3v) is 5.75. The molecule has 0 spiro atoms. The number of pyridine rings is 1. The predicted octanol–water partition coefficient (Wildman–Crippen LogP) is 5.09. The van der Waals surface area contributed by atoms with Crippen LogP contribution in [0.4, 0.5) is 9.52 Å². The number of hydrogen-bond donors (Lipinski definition) is 0. The van der Waals surface area contributed by atoms with Crippen LogP contribution in [-0.2, 0) is 11.3 Å². The molecular formula is C24H20FN3O3S. The Kier molecular flexibility index (Phi) is 6.42. The second kappa shape index (κ2) is 9.57. The highest BCUT2D eigenvalue weighted by Gasteiger charge is 2.19. The molecule has 0 unspecified atom stereocenters. The van der Waals surface area contributed by atoms with E-state index in [4.69, 9.17) is 9.47 Å². The van der Waals surface area contributed by atoms with Gasteiger partial charge in [-0.3, -0.25) is 14.7 Å². The van der Waals surface area contributed by atoms with Gasteiger partial charge in [-0.25, -0.2) is 9.37 Å². The lowest BCUT2D eigenvalue weighted by Crippen LogP contribution is -2.29. The smallest absolute Gasteiger partial charge is 0.253 e. The first-order valence-corrected chi connectivity index (χ1v) is 10.6. The maximum Gasteiger partial charge on any atom is 0.253 e. The van der Waals surface area contributed by atoms with Crippen molar-refractivity contribution in [3.05, 3.63) is 83.9 Å². The van der Waals surface area contributed by atoms with E-state index in [1.54, 1.807) is 44.7 Å². The van der Waals surface area contributed by atoms with Crippen LogP contribution in [-0.4, -0.2) is 30.1 Å². The van der Waals surface area contributed by atoms with E-state index in [-0.39, 0.29) is 18.3 Å². The zero-order chi connectivity index (χ0) is 22.5. The molecule has 4 aromatic rings. The Morgan fingerprint density at radius 2 is 1.94 bits per heavy atom. The van der Waals surface area contributed by atoms with Gasteiger partial charge in [0.25, 0.3) is 5.91 Å². The first-order chi connectivity index (χ1) is 15.6. The van der Waals surface area contributed by atoms with Crippen LogP contribution in [0.15, 0.2) is 66.9 Å². The maximum atomic E-state index is 13.6. The molecule has 0 fully saturated rings. The van der Waals surface area contributed by atoms with Crippen molar-refractivity contribution in [2.24, 2.45) is 0 Å². The molecule has 2 aromatic heterocycles. The van der Waals surface area contributed by atoms with E-state index in [1.165, 1.54) is 34.4 Å². The van der Waals surface area contributed by atoms with Crippen molar-refractivity contribution >= 4 is 38.7 Å². The minimum Gasteiger partial charge on any atom is -0.493 e. The fourth-order valence-electron chi connectivity index (χ4n) is 3.11. The number of methoxy groups -OCH3 is 2. The second-order valence-corrected chi connectivity index (χ2v) is 7.81. The number of thiazole rings is 1. The first-order valence-electron chi connectivity index (χ1n) is 9.75. The van der Waals surface area contributed by atoms with Crippen molar-refractivity contribution < 1.29 is 18.7 Å². The SMILES string of the molecule is COc1ccc(/C=C/C(=O)N(Cc2ccccn2)c2nc3ccc(F)cc3s2)cc1OC. The predicted molar refractivity (Wildman–Crippen MR) is 124 cm³/mol. The van der Waals surface area contributed by atoms with Gasteiger partial charge < -0.3 is 9.47 Å². The van der Waals surface area contributed by atoms with Crippen molar-refractivity contribution in [3.63, 3.8) is 0 Å². The van der Waals surface area contributed by atoms with Crippen LogP contribution in [0.2, 0.25) is 0 Å². The zero-order valence-electron chi connectivity index (χ0n) is 17.5. The number of hydrogen-bond acceptors (Lipinski definition) is 6. The van der Waals surface area contributed by atoms with E-state index in [0.717, 1.165) is 5.56 Å². The summed E-state index contributed by atoms with van der Waals surface area (Å²) in [5.74, 6) is 0.559. The Morgan fingerprint density at radius 3 is 2.69 bits per heavy atom. The van der Waals surface area contributed by atoms with Crippen LogP contribution < -0.4 is 14.4 Å². The summed E-state index contributed by atoms with van der Waals surface area (Å²) in [5, 5.41) is 0.471. The fourth-order valence-corrected chi connectivity index (χ4v) is 4.10. The third-order valence-electron chi connectivity index (χ3n) is 4.71. The minimum absolute atomic E-state index is 0.234. The number of halogens is 1. The highest BCUT2D eigenvalue weighted by atomic mass is 32.1. The van der Waals surface area contributed by atoms with Gasteiger partial charge >= 0.3 is 0 Å². The van der Waals surface area contributed by atoms with Gasteiger partial charge in [-0.2, -0.15) is 0 Å². The van der Waals surface area contributed by atoms with E-state index in [2.05, 4.69) is 9.97 Å². The molecule has 0 N–H and O–H groups in total. The molecular weight excluding hydrogens is 429 g/mol. The van der Waals surface area contributed by atoms with Crippen molar-refractivity contribution in [3.8, 4) is 11.5 Å². The Hall–Kier alpha value is -3.78. The van der Waals surface area contributed by atoms with E-state index < -0.39 is 0 Å². The monoisotopic (exact) mass is 449 g/mol. The molecule has 2 aromatic carbocycles. The lowest BCUT2D eigenvalue weighted by Gasteiger charge is -2.17.